The SMILES string of the molecule is C=CS(=O)(=O)[N-]S(=O)(=O)C(F)(F)F.[K+]. The molecule has 0 saturated carbocycles. The van der Waals surface area contributed by atoms with Crippen LogP contribution >= 0.6 is 0 Å². The number of hydrogen-bond donors (Lipinski definition) is 0. The number of sulfonamides is 2. The first-order valence-electron chi connectivity index (χ1n) is 2.45. The maximum absolute atomic E-state index is 11.5. The topological polar surface area (TPSA) is 82.4 Å². The summed E-state index contributed by atoms with van der Waals surface area (Å²) in [5.41, 5.74) is -5.72. The van der Waals surface area contributed by atoms with Crippen LogP contribution < -0.4 is 51.4 Å². The molecule has 0 aromatic carbocycles. The normalized spacial score (nSPS) is 13.1. The molecule has 0 aliphatic carbocycles. The Morgan fingerprint density at radius 2 is 1.50 bits per heavy atom. The Kier molecular flexibility index (Phi) is 6.70. The summed E-state index contributed by atoms with van der Waals surface area (Å²) in [6, 6.07) is 0. The molecule has 0 rings (SSSR count). The third kappa shape index (κ3) is 5.20. The molecular weight excluding hydrogens is 274 g/mol. The van der Waals surface area contributed by atoms with Gasteiger partial charge in [-0.25, -0.2) is 16.8 Å². The summed E-state index contributed by atoms with van der Waals surface area (Å²) in [5.74, 6) is 0. The van der Waals surface area contributed by atoms with E-state index in [1.807, 2.05) is 0 Å². The van der Waals surface area contributed by atoms with Gasteiger partial charge >= 0.3 is 56.9 Å². The molecule has 0 aromatic rings. The van der Waals surface area contributed by atoms with Gasteiger partial charge in [-0.15, -0.1) is 0 Å². The van der Waals surface area contributed by atoms with E-state index < -0.39 is 25.6 Å². The average Bonchev–Trinajstić information content (AvgIpc) is 1.83. The fourth-order valence-corrected chi connectivity index (χ4v) is 1.89. The maximum Gasteiger partial charge on any atom is 1.00 e. The van der Waals surface area contributed by atoms with Crippen LogP contribution in [0.3, 0.4) is 0 Å². The molecule has 0 unspecified atom stereocenters. The van der Waals surface area contributed by atoms with Gasteiger partial charge in [-0.3, -0.25) is 0 Å². The molecule has 0 fully saturated rings. The third-order valence-electron chi connectivity index (χ3n) is 0.705. The van der Waals surface area contributed by atoms with Gasteiger partial charge in [0.1, 0.15) is 10.0 Å². The van der Waals surface area contributed by atoms with Gasteiger partial charge < -0.3 is 4.13 Å². The minimum Gasteiger partial charge on any atom is -0.425 e. The first-order chi connectivity index (χ1) is 5.52. The minimum atomic E-state index is -6.00. The van der Waals surface area contributed by atoms with Crippen LogP contribution in [0, 0.1) is 0 Å². The summed E-state index contributed by atoms with van der Waals surface area (Å²) in [6.07, 6.45) is 0. The third-order valence-corrected chi connectivity index (χ3v) is 3.33. The summed E-state index contributed by atoms with van der Waals surface area (Å²) in [6.45, 7) is 2.59. The van der Waals surface area contributed by atoms with E-state index in [4.69, 9.17) is 0 Å². The van der Waals surface area contributed by atoms with Crippen LogP contribution in [0.2, 0.25) is 0 Å². The Balaban J connectivity index is 0. The zero-order valence-electron chi connectivity index (χ0n) is 6.82. The quantitative estimate of drug-likeness (QED) is 0.543. The van der Waals surface area contributed by atoms with Crippen molar-refractivity contribution in [1.82, 2.24) is 0 Å². The predicted molar refractivity (Wildman–Crippen MR) is 37.5 cm³/mol. The molecule has 0 aliphatic rings. The largest absolute Gasteiger partial charge is 1.00 e. The molecule has 0 aliphatic heterocycles. The Bertz CT molecular complexity index is 396. The molecule has 11 heteroatoms. The van der Waals surface area contributed by atoms with Crippen molar-refractivity contribution in [1.29, 1.82) is 0 Å². The zero-order chi connectivity index (χ0) is 10.9. The van der Waals surface area contributed by atoms with Crippen molar-refractivity contribution in [2.45, 2.75) is 5.51 Å². The first kappa shape index (κ1) is 17.4. The number of rotatable bonds is 3. The van der Waals surface area contributed by atoms with Crippen LogP contribution in [0.25, 0.3) is 4.13 Å². The van der Waals surface area contributed by atoms with Crippen LogP contribution in [-0.2, 0) is 20.0 Å². The maximum atomic E-state index is 11.5. The van der Waals surface area contributed by atoms with Crippen LogP contribution in [0.4, 0.5) is 13.2 Å². The number of alkyl halides is 3. The van der Waals surface area contributed by atoms with Crippen molar-refractivity contribution >= 4 is 20.0 Å². The first-order valence-corrected chi connectivity index (χ1v) is 5.39. The molecule has 0 saturated heterocycles. The van der Waals surface area contributed by atoms with E-state index in [0.717, 1.165) is 0 Å². The Morgan fingerprint density at radius 3 is 1.71 bits per heavy atom. The number of halogens is 3. The number of nitrogens with zero attached hydrogens (tertiary/aromatic N) is 1. The molecule has 5 nitrogen and oxygen atoms in total. The van der Waals surface area contributed by atoms with E-state index >= 15 is 0 Å². The second-order valence-corrected chi connectivity index (χ2v) is 5.05. The minimum absolute atomic E-state index is 0. The van der Waals surface area contributed by atoms with Crippen molar-refractivity contribution in [3.05, 3.63) is 16.1 Å². The van der Waals surface area contributed by atoms with Gasteiger partial charge in [-0.2, -0.15) is 13.2 Å². The standard InChI is InChI=1S/C3H3F3NO4S2.K/c1-2-12(8,9)7-13(10,11)3(4,5)6;/h2H,1H2;/q-1;+1. The Labute approximate surface area is 121 Å². The molecule has 0 aromatic heterocycles. The monoisotopic (exact) mass is 277 g/mol. The van der Waals surface area contributed by atoms with E-state index in [1.165, 1.54) is 0 Å². The van der Waals surface area contributed by atoms with Crippen molar-refractivity contribution in [2.24, 2.45) is 0 Å². The van der Waals surface area contributed by atoms with Gasteiger partial charge in [0, 0.05) is 5.41 Å². The summed E-state index contributed by atoms with van der Waals surface area (Å²) >= 11 is 0. The van der Waals surface area contributed by atoms with Crippen molar-refractivity contribution in [2.75, 3.05) is 0 Å². The van der Waals surface area contributed by atoms with E-state index in [-0.39, 0.29) is 56.8 Å². The van der Waals surface area contributed by atoms with Crippen LogP contribution in [0.1, 0.15) is 0 Å². The van der Waals surface area contributed by atoms with Gasteiger partial charge in [0.25, 0.3) is 0 Å². The Hall–Kier alpha value is 1.03. The average molecular weight is 277 g/mol. The fourth-order valence-electron chi connectivity index (χ4n) is 0.209. The smallest absolute Gasteiger partial charge is 0.425 e. The molecule has 14 heavy (non-hydrogen) atoms. The summed E-state index contributed by atoms with van der Waals surface area (Å²) in [7, 11) is -10.8. The predicted octanol–water partition coefficient (Wildman–Crippen LogP) is -2.31. The molecule has 0 spiro atoms. The van der Waals surface area contributed by atoms with E-state index in [2.05, 4.69) is 6.58 Å². The molecule has 78 valence electrons. The second-order valence-electron chi connectivity index (χ2n) is 1.68. The molecular formula is C3H3F3KNO4S2. The van der Waals surface area contributed by atoms with E-state index in [9.17, 15) is 30.0 Å². The summed E-state index contributed by atoms with van der Waals surface area (Å²) < 4.78 is 77.0. The van der Waals surface area contributed by atoms with Crippen LogP contribution in [0.5, 0.6) is 0 Å². The zero-order valence-corrected chi connectivity index (χ0v) is 11.6. The van der Waals surface area contributed by atoms with Gasteiger partial charge in [0.2, 0.25) is 0 Å². The van der Waals surface area contributed by atoms with Gasteiger partial charge in [0.05, 0.1) is 0 Å². The van der Waals surface area contributed by atoms with Gasteiger partial charge in [-0.1, -0.05) is 6.58 Å². The van der Waals surface area contributed by atoms with Crippen molar-refractivity contribution in [3.8, 4) is 0 Å². The van der Waals surface area contributed by atoms with Crippen LogP contribution in [0.15, 0.2) is 12.0 Å². The molecule has 0 N–H and O–H groups in total. The van der Waals surface area contributed by atoms with Crippen LogP contribution in [-0.4, -0.2) is 22.3 Å². The summed E-state index contributed by atoms with van der Waals surface area (Å²) in [4.78, 5) is 0. The molecule has 0 bridgehead atoms. The van der Waals surface area contributed by atoms with Gasteiger partial charge in [-0.05, 0) is 0 Å². The molecule has 0 amide bonds. The Morgan fingerprint density at radius 1 is 1.14 bits per heavy atom. The summed E-state index contributed by atoms with van der Waals surface area (Å²) in [5, 5.41) is -0.00368. The molecule has 0 heterocycles. The van der Waals surface area contributed by atoms with Gasteiger partial charge in [0.15, 0.2) is 10.0 Å². The fraction of sp³-hybridized carbons (Fsp3) is 0.333. The molecule has 0 radical (unpaired) electrons. The van der Waals surface area contributed by atoms with Crippen molar-refractivity contribution < 1.29 is 81.4 Å². The van der Waals surface area contributed by atoms with Crippen molar-refractivity contribution in [3.63, 3.8) is 0 Å². The molecule has 0 atom stereocenters. The second kappa shape index (κ2) is 5.38. The van der Waals surface area contributed by atoms with E-state index in [0.29, 0.717) is 0 Å². The number of hydrogen-bond acceptors (Lipinski definition) is 4. The van der Waals surface area contributed by atoms with E-state index in [1.54, 1.807) is 4.13 Å².